The van der Waals surface area contributed by atoms with Crippen molar-refractivity contribution in [3.8, 4) is 0 Å². The molecule has 2 atom stereocenters. The maximum Gasteiger partial charge on any atom is 0.155 e. The van der Waals surface area contributed by atoms with Gasteiger partial charge in [0.15, 0.2) is 9.84 Å². The Morgan fingerprint density at radius 2 is 1.91 bits per heavy atom. The smallest absolute Gasteiger partial charge is 0.155 e. The van der Waals surface area contributed by atoms with Crippen LogP contribution in [-0.4, -0.2) is 32.0 Å². The summed E-state index contributed by atoms with van der Waals surface area (Å²) in [5.41, 5.74) is 0. The molecule has 0 amide bonds. The Kier molecular flexibility index (Phi) is 3.80. The summed E-state index contributed by atoms with van der Waals surface area (Å²) in [4.78, 5) is 0. The lowest BCUT2D eigenvalue weighted by Gasteiger charge is -2.26. The molecule has 5 heteroatoms. The molecule has 1 heterocycles. The molecule has 2 unspecified atom stereocenters. The van der Waals surface area contributed by atoms with Gasteiger partial charge < -0.3 is 5.32 Å². The van der Waals surface area contributed by atoms with Crippen LogP contribution in [0, 0.1) is 0 Å². The minimum atomic E-state index is -2.77. The van der Waals surface area contributed by atoms with Gasteiger partial charge in [-0.05, 0) is 13.8 Å². The number of sulfone groups is 1. The fraction of sp³-hybridized carbons (Fsp3) is 1.00. The topological polar surface area (TPSA) is 46.2 Å². The monoisotopic (exact) mass is 199 g/mol. The number of hydrogen-bond donors (Lipinski definition) is 1. The van der Waals surface area contributed by atoms with Crippen LogP contribution in [-0.2, 0) is 9.84 Å². The Morgan fingerprint density at radius 3 is 2.27 bits per heavy atom. The Labute approximate surface area is 73.9 Å². The molecule has 1 aliphatic heterocycles. The SMILES string of the molecule is CC1NCCS(=O)(=O)C1C.Cl. The normalized spacial score (nSPS) is 35.8. The van der Waals surface area contributed by atoms with Crippen molar-refractivity contribution < 1.29 is 8.42 Å². The first-order valence-corrected chi connectivity index (χ1v) is 5.20. The predicted octanol–water partition coefficient (Wildman–Crippen LogP) is 0.203. The van der Waals surface area contributed by atoms with E-state index in [9.17, 15) is 8.42 Å². The van der Waals surface area contributed by atoms with E-state index in [1.807, 2.05) is 6.92 Å². The predicted molar refractivity (Wildman–Crippen MR) is 48.0 cm³/mol. The van der Waals surface area contributed by atoms with Gasteiger partial charge in [-0.1, -0.05) is 0 Å². The van der Waals surface area contributed by atoms with Gasteiger partial charge in [-0.3, -0.25) is 0 Å². The Bertz CT molecular complexity index is 215. The van der Waals surface area contributed by atoms with E-state index in [2.05, 4.69) is 5.32 Å². The van der Waals surface area contributed by atoms with E-state index in [1.54, 1.807) is 6.92 Å². The summed E-state index contributed by atoms with van der Waals surface area (Å²) < 4.78 is 22.3. The van der Waals surface area contributed by atoms with E-state index in [1.165, 1.54) is 0 Å². The van der Waals surface area contributed by atoms with Crippen LogP contribution in [0.5, 0.6) is 0 Å². The number of hydrogen-bond acceptors (Lipinski definition) is 3. The molecule has 0 spiro atoms. The highest BCUT2D eigenvalue weighted by atomic mass is 35.5. The molecule has 0 aliphatic carbocycles. The third kappa shape index (κ3) is 2.32. The summed E-state index contributed by atoms with van der Waals surface area (Å²) in [5.74, 6) is 0.290. The molecular formula is C6H14ClNO2S. The molecule has 1 aliphatic rings. The first kappa shape index (κ1) is 11.2. The highest BCUT2D eigenvalue weighted by Crippen LogP contribution is 2.10. The minimum absolute atomic E-state index is 0. The third-order valence-corrected chi connectivity index (χ3v) is 4.44. The highest BCUT2D eigenvalue weighted by molar-refractivity contribution is 7.92. The van der Waals surface area contributed by atoms with Crippen LogP contribution in [0.15, 0.2) is 0 Å². The van der Waals surface area contributed by atoms with Gasteiger partial charge in [0, 0.05) is 12.6 Å². The highest BCUT2D eigenvalue weighted by Gasteiger charge is 2.29. The van der Waals surface area contributed by atoms with Crippen molar-refractivity contribution in [2.45, 2.75) is 25.1 Å². The minimum Gasteiger partial charge on any atom is -0.312 e. The maximum atomic E-state index is 11.2. The molecular weight excluding hydrogens is 186 g/mol. The first-order valence-electron chi connectivity index (χ1n) is 3.49. The molecule has 0 radical (unpaired) electrons. The van der Waals surface area contributed by atoms with Crippen molar-refractivity contribution in [2.75, 3.05) is 12.3 Å². The average molecular weight is 200 g/mol. The lowest BCUT2D eigenvalue weighted by molar-refractivity contribution is 0.493. The van der Waals surface area contributed by atoms with Crippen molar-refractivity contribution in [3.05, 3.63) is 0 Å². The zero-order valence-corrected chi connectivity index (χ0v) is 8.33. The first-order chi connectivity index (χ1) is 4.54. The lowest BCUT2D eigenvalue weighted by atomic mass is 10.2. The standard InChI is InChI=1S/C6H13NO2S.ClH/c1-5-6(2)10(8,9)4-3-7-5;/h5-7H,3-4H2,1-2H3;1H. The van der Waals surface area contributed by atoms with E-state index in [0.29, 0.717) is 12.3 Å². The van der Waals surface area contributed by atoms with Gasteiger partial charge >= 0.3 is 0 Å². The molecule has 68 valence electrons. The summed E-state index contributed by atoms with van der Waals surface area (Å²) in [5, 5.41) is 2.89. The van der Waals surface area contributed by atoms with E-state index in [0.717, 1.165) is 0 Å². The van der Waals surface area contributed by atoms with Crippen molar-refractivity contribution >= 4 is 22.2 Å². The molecule has 1 fully saturated rings. The van der Waals surface area contributed by atoms with Crippen LogP contribution in [0.25, 0.3) is 0 Å². The van der Waals surface area contributed by atoms with Crippen LogP contribution in [0.2, 0.25) is 0 Å². The molecule has 1 rings (SSSR count). The van der Waals surface area contributed by atoms with Gasteiger partial charge in [-0.25, -0.2) is 8.42 Å². The number of nitrogens with one attached hydrogen (secondary N) is 1. The molecule has 3 nitrogen and oxygen atoms in total. The van der Waals surface area contributed by atoms with Crippen LogP contribution >= 0.6 is 12.4 Å². The molecule has 0 saturated carbocycles. The molecule has 1 saturated heterocycles. The van der Waals surface area contributed by atoms with Gasteiger partial charge in [-0.2, -0.15) is 0 Å². The number of halogens is 1. The summed E-state index contributed by atoms with van der Waals surface area (Å²) >= 11 is 0. The second kappa shape index (κ2) is 3.74. The Morgan fingerprint density at radius 1 is 1.36 bits per heavy atom. The van der Waals surface area contributed by atoms with Crippen LogP contribution in [0.4, 0.5) is 0 Å². The van der Waals surface area contributed by atoms with Crippen LogP contribution < -0.4 is 5.32 Å². The summed E-state index contributed by atoms with van der Waals surface area (Å²) in [6.45, 7) is 4.27. The molecule has 1 N–H and O–H groups in total. The quantitative estimate of drug-likeness (QED) is 0.607. The Balaban J connectivity index is 0.000001000. The second-order valence-corrected chi connectivity index (χ2v) is 5.29. The van der Waals surface area contributed by atoms with Crippen molar-refractivity contribution in [1.29, 1.82) is 0 Å². The summed E-state index contributed by atoms with van der Waals surface area (Å²) in [6, 6.07) is 0.110. The lowest BCUT2D eigenvalue weighted by Crippen LogP contribution is -2.49. The molecule has 0 aromatic carbocycles. The summed E-state index contributed by atoms with van der Waals surface area (Å²) in [6.07, 6.45) is 0. The fourth-order valence-corrected chi connectivity index (χ4v) is 2.58. The fourth-order valence-electron chi connectivity index (χ4n) is 1.09. The van der Waals surface area contributed by atoms with Crippen LogP contribution in [0.1, 0.15) is 13.8 Å². The third-order valence-electron chi connectivity index (χ3n) is 2.12. The van der Waals surface area contributed by atoms with E-state index >= 15 is 0 Å². The largest absolute Gasteiger partial charge is 0.312 e. The summed E-state index contributed by atoms with van der Waals surface area (Å²) in [7, 11) is -2.77. The van der Waals surface area contributed by atoms with Gasteiger partial charge in [0.05, 0.1) is 11.0 Å². The van der Waals surface area contributed by atoms with Crippen molar-refractivity contribution in [1.82, 2.24) is 5.32 Å². The molecule has 0 bridgehead atoms. The van der Waals surface area contributed by atoms with Crippen molar-refractivity contribution in [2.24, 2.45) is 0 Å². The average Bonchev–Trinajstić information content (AvgIpc) is 1.83. The molecule has 11 heavy (non-hydrogen) atoms. The zero-order valence-electron chi connectivity index (χ0n) is 6.70. The van der Waals surface area contributed by atoms with Gasteiger partial charge in [-0.15, -0.1) is 12.4 Å². The molecule has 0 aromatic rings. The van der Waals surface area contributed by atoms with E-state index in [4.69, 9.17) is 0 Å². The Hall–Kier alpha value is 0.200. The van der Waals surface area contributed by atoms with Gasteiger partial charge in [0.2, 0.25) is 0 Å². The van der Waals surface area contributed by atoms with Crippen LogP contribution in [0.3, 0.4) is 0 Å². The molecule has 0 aromatic heterocycles. The van der Waals surface area contributed by atoms with Gasteiger partial charge in [0.1, 0.15) is 0 Å². The van der Waals surface area contributed by atoms with Crippen molar-refractivity contribution in [3.63, 3.8) is 0 Å². The zero-order chi connectivity index (χ0) is 7.78. The van der Waals surface area contributed by atoms with E-state index in [-0.39, 0.29) is 23.7 Å². The van der Waals surface area contributed by atoms with Gasteiger partial charge in [0.25, 0.3) is 0 Å². The maximum absolute atomic E-state index is 11.2. The number of rotatable bonds is 0. The van der Waals surface area contributed by atoms with E-state index < -0.39 is 9.84 Å². The second-order valence-electron chi connectivity index (χ2n) is 2.81.